The van der Waals surface area contributed by atoms with Gasteiger partial charge < -0.3 is 10.4 Å². The first-order valence-corrected chi connectivity index (χ1v) is 5.07. The van der Waals surface area contributed by atoms with Crippen LogP contribution in [0.5, 0.6) is 0 Å². The van der Waals surface area contributed by atoms with Crippen LogP contribution in [0.2, 0.25) is 0 Å². The summed E-state index contributed by atoms with van der Waals surface area (Å²) >= 11 is 0. The van der Waals surface area contributed by atoms with Gasteiger partial charge in [-0.3, -0.25) is 4.57 Å². The topological polar surface area (TPSA) is 80.0 Å². The molecule has 2 N–H and O–H groups in total. The number of carboxylic acids is 1. The Hall–Kier alpha value is -2.37. The molecular formula is C11H12N4O2. The molecule has 88 valence electrons. The van der Waals surface area contributed by atoms with Crippen LogP contribution < -0.4 is 5.32 Å². The SMILES string of the molecule is CNc1nnc(C(=O)O)n1-c1ccccc1C. The molecule has 1 aromatic carbocycles. The standard InChI is InChI=1S/C11H12N4O2/c1-7-5-3-4-6-8(7)15-9(10(16)17)13-14-11(15)12-2/h3-6H,1-2H3,(H,12,14)(H,16,17). The van der Waals surface area contributed by atoms with Crippen LogP contribution in [0.1, 0.15) is 16.2 Å². The molecule has 2 aromatic rings. The maximum atomic E-state index is 11.1. The average molecular weight is 232 g/mol. The molecule has 6 nitrogen and oxygen atoms in total. The number of hydrogen-bond acceptors (Lipinski definition) is 4. The van der Waals surface area contributed by atoms with Gasteiger partial charge in [0, 0.05) is 7.05 Å². The third-order valence-corrected chi connectivity index (χ3v) is 2.43. The highest BCUT2D eigenvalue weighted by Gasteiger charge is 2.19. The van der Waals surface area contributed by atoms with Crippen LogP contribution >= 0.6 is 0 Å². The number of rotatable bonds is 3. The molecule has 0 atom stereocenters. The van der Waals surface area contributed by atoms with E-state index < -0.39 is 5.97 Å². The summed E-state index contributed by atoms with van der Waals surface area (Å²) in [6, 6.07) is 7.46. The fourth-order valence-corrected chi connectivity index (χ4v) is 1.63. The summed E-state index contributed by atoms with van der Waals surface area (Å²) in [6.45, 7) is 1.90. The van der Waals surface area contributed by atoms with E-state index in [4.69, 9.17) is 5.11 Å². The van der Waals surface area contributed by atoms with Gasteiger partial charge in [0.15, 0.2) is 0 Å². The highest BCUT2D eigenvalue weighted by molar-refractivity contribution is 5.85. The summed E-state index contributed by atoms with van der Waals surface area (Å²) < 4.78 is 1.48. The van der Waals surface area contributed by atoms with E-state index >= 15 is 0 Å². The third kappa shape index (κ3) is 1.84. The van der Waals surface area contributed by atoms with Crippen molar-refractivity contribution in [3.8, 4) is 5.69 Å². The lowest BCUT2D eigenvalue weighted by Gasteiger charge is -2.10. The molecular weight excluding hydrogens is 220 g/mol. The molecule has 0 aliphatic carbocycles. The largest absolute Gasteiger partial charge is 0.475 e. The number of hydrogen-bond donors (Lipinski definition) is 2. The van der Waals surface area contributed by atoms with Crippen molar-refractivity contribution in [1.29, 1.82) is 0 Å². The minimum atomic E-state index is -1.11. The fraction of sp³-hybridized carbons (Fsp3) is 0.182. The van der Waals surface area contributed by atoms with Crippen LogP contribution in [0.15, 0.2) is 24.3 Å². The van der Waals surface area contributed by atoms with Crippen molar-refractivity contribution < 1.29 is 9.90 Å². The van der Waals surface area contributed by atoms with E-state index in [1.807, 2.05) is 31.2 Å². The number of carboxylic acid groups (broad SMARTS) is 1. The van der Waals surface area contributed by atoms with Crippen LogP contribution in [0.25, 0.3) is 5.69 Å². The Balaban J connectivity index is 2.69. The number of aromatic carboxylic acids is 1. The molecule has 1 aromatic heterocycles. The minimum Gasteiger partial charge on any atom is -0.475 e. The predicted octanol–water partition coefficient (Wildman–Crippen LogP) is 1.32. The molecule has 0 radical (unpaired) electrons. The molecule has 6 heteroatoms. The zero-order chi connectivity index (χ0) is 12.4. The molecule has 0 unspecified atom stereocenters. The average Bonchev–Trinajstić information content (AvgIpc) is 2.73. The van der Waals surface area contributed by atoms with E-state index in [1.165, 1.54) is 4.57 Å². The van der Waals surface area contributed by atoms with E-state index in [-0.39, 0.29) is 5.82 Å². The fourth-order valence-electron chi connectivity index (χ4n) is 1.63. The van der Waals surface area contributed by atoms with Gasteiger partial charge in [-0.1, -0.05) is 18.2 Å². The van der Waals surface area contributed by atoms with Crippen LogP contribution in [0.4, 0.5) is 5.95 Å². The number of para-hydroxylation sites is 1. The maximum absolute atomic E-state index is 11.1. The van der Waals surface area contributed by atoms with Crippen molar-refractivity contribution in [2.24, 2.45) is 0 Å². The lowest BCUT2D eigenvalue weighted by molar-refractivity contribution is 0.0681. The summed E-state index contributed by atoms with van der Waals surface area (Å²) in [5, 5.41) is 19.3. The Morgan fingerprint density at radius 2 is 2.06 bits per heavy atom. The monoisotopic (exact) mass is 232 g/mol. The van der Waals surface area contributed by atoms with Gasteiger partial charge in [0.2, 0.25) is 11.8 Å². The van der Waals surface area contributed by atoms with E-state index in [0.717, 1.165) is 11.3 Å². The molecule has 0 saturated heterocycles. The number of benzene rings is 1. The van der Waals surface area contributed by atoms with E-state index in [9.17, 15) is 4.79 Å². The van der Waals surface area contributed by atoms with Gasteiger partial charge in [-0.25, -0.2) is 4.79 Å². The van der Waals surface area contributed by atoms with Crippen molar-refractivity contribution >= 4 is 11.9 Å². The van der Waals surface area contributed by atoms with Crippen molar-refractivity contribution in [3.05, 3.63) is 35.7 Å². The van der Waals surface area contributed by atoms with Gasteiger partial charge >= 0.3 is 5.97 Å². The first-order valence-electron chi connectivity index (χ1n) is 5.07. The van der Waals surface area contributed by atoms with E-state index in [0.29, 0.717) is 5.95 Å². The summed E-state index contributed by atoms with van der Waals surface area (Å²) in [4.78, 5) is 11.1. The number of nitrogens with zero attached hydrogens (tertiary/aromatic N) is 3. The number of aromatic nitrogens is 3. The first-order chi connectivity index (χ1) is 8.15. The lowest BCUT2D eigenvalue weighted by atomic mass is 10.2. The predicted molar refractivity (Wildman–Crippen MR) is 62.6 cm³/mol. The van der Waals surface area contributed by atoms with Crippen LogP contribution in [-0.4, -0.2) is 32.9 Å². The molecule has 0 bridgehead atoms. The second-order valence-electron chi connectivity index (χ2n) is 3.52. The Morgan fingerprint density at radius 3 is 2.65 bits per heavy atom. The summed E-state index contributed by atoms with van der Waals surface area (Å²) in [5.74, 6) is -0.817. The molecule has 0 spiro atoms. The number of carbonyl (C=O) groups is 1. The lowest BCUT2D eigenvalue weighted by Crippen LogP contribution is -2.11. The quantitative estimate of drug-likeness (QED) is 0.834. The molecule has 17 heavy (non-hydrogen) atoms. The van der Waals surface area contributed by atoms with Gasteiger partial charge in [0.25, 0.3) is 0 Å². The molecule has 0 aliphatic rings. The summed E-state index contributed by atoms with van der Waals surface area (Å²) in [6.07, 6.45) is 0. The summed E-state index contributed by atoms with van der Waals surface area (Å²) in [7, 11) is 1.67. The molecule has 0 aliphatic heterocycles. The number of anilines is 1. The Morgan fingerprint density at radius 1 is 1.35 bits per heavy atom. The normalized spacial score (nSPS) is 10.2. The molecule has 0 amide bonds. The van der Waals surface area contributed by atoms with Crippen LogP contribution in [0, 0.1) is 6.92 Å². The maximum Gasteiger partial charge on any atom is 0.374 e. The van der Waals surface area contributed by atoms with Gasteiger partial charge in [-0.2, -0.15) is 0 Å². The number of aryl methyl sites for hydroxylation is 1. The van der Waals surface area contributed by atoms with E-state index in [2.05, 4.69) is 15.5 Å². The van der Waals surface area contributed by atoms with Crippen LogP contribution in [0.3, 0.4) is 0 Å². The van der Waals surface area contributed by atoms with Gasteiger partial charge in [0.05, 0.1) is 5.69 Å². The highest BCUT2D eigenvalue weighted by atomic mass is 16.4. The molecule has 2 rings (SSSR count). The Labute approximate surface area is 97.9 Å². The zero-order valence-corrected chi connectivity index (χ0v) is 9.51. The first kappa shape index (κ1) is 11.1. The van der Waals surface area contributed by atoms with Crippen molar-refractivity contribution in [2.45, 2.75) is 6.92 Å². The summed E-state index contributed by atoms with van der Waals surface area (Å²) in [5.41, 5.74) is 1.70. The zero-order valence-electron chi connectivity index (χ0n) is 9.51. The second kappa shape index (κ2) is 4.25. The van der Waals surface area contributed by atoms with Crippen molar-refractivity contribution in [1.82, 2.24) is 14.8 Å². The van der Waals surface area contributed by atoms with Crippen molar-refractivity contribution in [2.75, 3.05) is 12.4 Å². The van der Waals surface area contributed by atoms with Gasteiger partial charge in [-0.05, 0) is 18.6 Å². The van der Waals surface area contributed by atoms with Crippen molar-refractivity contribution in [3.63, 3.8) is 0 Å². The van der Waals surface area contributed by atoms with Gasteiger partial charge in [-0.15, -0.1) is 10.2 Å². The molecule has 0 fully saturated rings. The van der Waals surface area contributed by atoms with E-state index in [1.54, 1.807) is 7.05 Å². The molecule has 0 saturated carbocycles. The Kier molecular flexibility index (Phi) is 2.78. The number of nitrogens with one attached hydrogen (secondary N) is 1. The third-order valence-electron chi connectivity index (χ3n) is 2.43. The van der Waals surface area contributed by atoms with Crippen LogP contribution in [-0.2, 0) is 0 Å². The highest BCUT2D eigenvalue weighted by Crippen LogP contribution is 2.19. The smallest absolute Gasteiger partial charge is 0.374 e. The Bertz CT molecular complexity index is 562. The second-order valence-corrected chi connectivity index (χ2v) is 3.52. The minimum absolute atomic E-state index is 0.108. The van der Waals surface area contributed by atoms with Gasteiger partial charge in [0.1, 0.15) is 0 Å². The molecule has 1 heterocycles.